The fourth-order valence-corrected chi connectivity index (χ4v) is 2.26. The van der Waals surface area contributed by atoms with E-state index in [4.69, 9.17) is 4.74 Å². The lowest BCUT2D eigenvalue weighted by Crippen LogP contribution is -2.53. The number of likely N-dealkylation sites (N-methyl/N-ethyl adjacent to an activating group) is 1. The summed E-state index contributed by atoms with van der Waals surface area (Å²) in [5.74, 6) is 2.20. The molecule has 0 amide bonds. The van der Waals surface area contributed by atoms with Gasteiger partial charge in [-0.1, -0.05) is 0 Å². The number of aromatic nitrogens is 2. The summed E-state index contributed by atoms with van der Waals surface area (Å²) in [6.07, 6.45) is 0. The summed E-state index contributed by atoms with van der Waals surface area (Å²) < 4.78 is 5.45. The Morgan fingerprint density at radius 1 is 1.42 bits per heavy atom. The minimum Gasteiger partial charge on any atom is -0.478 e. The van der Waals surface area contributed by atoms with Crippen molar-refractivity contribution in [1.29, 1.82) is 0 Å². The van der Waals surface area contributed by atoms with Gasteiger partial charge in [0.1, 0.15) is 11.6 Å². The van der Waals surface area contributed by atoms with Gasteiger partial charge in [0.2, 0.25) is 5.88 Å². The summed E-state index contributed by atoms with van der Waals surface area (Å²) in [7, 11) is 2.04. The monoisotopic (exact) mass is 266 g/mol. The van der Waals surface area contributed by atoms with Gasteiger partial charge in [-0.15, -0.1) is 0 Å². The third-order valence-electron chi connectivity index (χ3n) is 3.40. The van der Waals surface area contributed by atoms with E-state index >= 15 is 0 Å². The molecule has 106 valence electrons. The Labute approximate surface area is 114 Å². The first-order valence-corrected chi connectivity index (χ1v) is 6.68. The zero-order chi connectivity index (χ0) is 13.8. The summed E-state index contributed by atoms with van der Waals surface area (Å²) in [5.41, 5.74) is 0. The summed E-state index contributed by atoms with van der Waals surface area (Å²) in [4.78, 5) is 13.1. The molecule has 0 saturated carbocycles. The average Bonchev–Trinajstić information content (AvgIpc) is 2.39. The topological polar surface area (TPSA) is 61.7 Å². The zero-order valence-electron chi connectivity index (χ0n) is 11.8. The highest BCUT2D eigenvalue weighted by molar-refractivity contribution is 5.42. The van der Waals surface area contributed by atoms with Crippen molar-refractivity contribution < 1.29 is 9.84 Å². The van der Waals surface area contributed by atoms with Gasteiger partial charge in [-0.05, 0) is 20.9 Å². The predicted octanol–water partition coefficient (Wildman–Crippen LogP) is 0.296. The van der Waals surface area contributed by atoms with E-state index in [1.165, 1.54) is 0 Å². The van der Waals surface area contributed by atoms with Gasteiger partial charge in [-0.2, -0.15) is 4.98 Å². The fourth-order valence-electron chi connectivity index (χ4n) is 2.26. The first-order valence-electron chi connectivity index (χ1n) is 6.68. The largest absolute Gasteiger partial charge is 0.478 e. The molecule has 1 saturated heterocycles. The first-order chi connectivity index (χ1) is 9.13. The van der Waals surface area contributed by atoms with E-state index in [1.54, 1.807) is 0 Å². The molecule has 1 unspecified atom stereocenters. The number of aryl methyl sites for hydroxylation is 1. The quantitative estimate of drug-likeness (QED) is 0.845. The molecule has 0 bridgehead atoms. The summed E-state index contributed by atoms with van der Waals surface area (Å²) in [6, 6.07) is 2.02. The Hall–Kier alpha value is -1.40. The van der Waals surface area contributed by atoms with Crippen LogP contribution < -0.4 is 9.64 Å². The zero-order valence-corrected chi connectivity index (χ0v) is 11.8. The second-order valence-electron chi connectivity index (χ2n) is 4.81. The number of aliphatic hydroxyl groups is 1. The van der Waals surface area contributed by atoms with Gasteiger partial charge >= 0.3 is 0 Å². The molecule has 2 heterocycles. The number of piperazine rings is 1. The molecule has 0 radical (unpaired) electrons. The maximum absolute atomic E-state index is 9.39. The van der Waals surface area contributed by atoms with Crippen LogP contribution in [0.2, 0.25) is 0 Å². The molecular weight excluding hydrogens is 244 g/mol. The van der Waals surface area contributed by atoms with Gasteiger partial charge in [-0.3, -0.25) is 4.90 Å². The van der Waals surface area contributed by atoms with E-state index in [9.17, 15) is 5.11 Å². The van der Waals surface area contributed by atoms with Gasteiger partial charge in [0.25, 0.3) is 0 Å². The summed E-state index contributed by atoms with van der Waals surface area (Å²) in [6.45, 7) is 7.15. The van der Waals surface area contributed by atoms with Crippen molar-refractivity contribution in [2.45, 2.75) is 19.9 Å². The molecule has 1 aromatic heterocycles. The molecule has 1 fully saturated rings. The maximum atomic E-state index is 9.39. The second-order valence-corrected chi connectivity index (χ2v) is 4.81. The van der Waals surface area contributed by atoms with Gasteiger partial charge < -0.3 is 14.7 Å². The first kappa shape index (κ1) is 14.0. The van der Waals surface area contributed by atoms with E-state index in [2.05, 4.69) is 19.8 Å². The van der Waals surface area contributed by atoms with Crippen molar-refractivity contribution in [3.8, 4) is 5.88 Å². The minimum absolute atomic E-state index is 0.152. The Balaban J connectivity index is 2.17. The predicted molar refractivity (Wildman–Crippen MR) is 73.7 cm³/mol. The highest BCUT2D eigenvalue weighted by atomic mass is 16.5. The molecule has 1 aromatic rings. The number of hydrogen-bond acceptors (Lipinski definition) is 6. The smallest absolute Gasteiger partial charge is 0.218 e. The molecule has 0 spiro atoms. The molecule has 1 N–H and O–H groups in total. The molecule has 1 aliphatic heterocycles. The van der Waals surface area contributed by atoms with Crippen LogP contribution in [0.3, 0.4) is 0 Å². The van der Waals surface area contributed by atoms with E-state index in [0.29, 0.717) is 18.3 Å². The van der Waals surface area contributed by atoms with Crippen molar-refractivity contribution in [3.05, 3.63) is 11.9 Å². The van der Waals surface area contributed by atoms with Crippen LogP contribution in [-0.2, 0) is 0 Å². The Bertz CT molecular complexity index is 427. The summed E-state index contributed by atoms with van der Waals surface area (Å²) >= 11 is 0. The van der Waals surface area contributed by atoms with Crippen molar-refractivity contribution in [1.82, 2.24) is 14.9 Å². The van der Waals surface area contributed by atoms with Gasteiger partial charge in [-0.25, -0.2) is 4.98 Å². The Morgan fingerprint density at radius 2 is 2.21 bits per heavy atom. The minimum atomic E-state index is 0.152. The average molecular weight is 266 g/mol. The fraction of sp³-hybridized carbons (Fsp3) is 0.692. The van der Waals surface area contributed by atoms with Crippen LogP contribution in [0.25, 0.3) is 0 Å². The van der Waals surface area contributed by atoms with Crippen LogP contribution in [0.15, 0.2) is 6.07 Å². The van der Waals surface area contributed by atoms with E-state index in [0.717, 1.165) is 25.5 Å². The van der Waals surface area contributed by atoms with Crippen LogP contribution >= 0.6 is 0 Å². The highest BCUT2D eigenvalue weighted by Crippen LogP contribution is 2.20. The lowest BCUT2D eigenvalue weighted by Gasteiger charge is -2.39. The lowest BCUT2D eigenvalue weighted by atomic mass is 10.2. The molecule has 6 heteroatoms. The van der Waals surface area contributed by atoms with Gasteiger partial charge in [0.15, 0.2) is 0 Å². The van der Waals surface area contributed by atoms with Crippen LogP contribution in [-0.4, -0.2) is 65.9 Å². The molecular formula is C13H22N4O2. The van der Waals surface area contributed by atoms with Crippen molar-refractivity contribution >= 4 is 5.82 Å². The molecule has 19 heavy (non-hydrogen) atoms. The van der Waals surface area contributed by atoms with Crippen LogP contribution in [0.1, 0.15) is 12.7 Å². The van der Waals surface area contributed by atoms with Crippen molar-refractivity contribution in [3.63, 3.8) is 0 Å². The molecule has 0 aromatic carbocycles. The molecule has 2 rings (SSSR count). The normalized spacial score (nSPS) is 20.6. The number of rotatable bonds is 4. The second kappa shape index (κ2) is 6.16. The maximum Gasteiger partial charge on any atom is 0.218 e. The lowest BCUT2D eigenvalue weighted by molar-refractivity contribution is 0.135. The number of hydrogen-bond donors (Lipinski definition) is 1. The Kier molecular flexibility index (Phi) is 4.55. The molecule has 1 atom stereocenters. The molecule has 6 nitrogen and oxygen atoms in total. The third kappa shape index (κ3) is 3.33. The standard InChI is InChI=1S/C13H22N4O2/c1-4-19-13-7-12(14-10(2)15-13)17-6-5-16(3)11(8-17)9-18/h7,11,18H,4-6,8-9H2,1-3H3. The van der Waals surface area contributed by atoms with E-state index in [1.807, 2.05) is 27.0 Å². The van der Waals surface area contributed by atoms with Crippen LogP contribution in [0.5, 0.6) is 5.88 Å². The highest BCUT2D eigenvalue weighted by Gasteiger charge is 2.25. The van der Waals surface area contributed by atoms with E-state index in [-0.39, 0.29) is 12.6 Å². The van der Waals surface area contributed by atoms with Crippen LogP contribution in [0, 0.1) is 6.92 Å². The Morgan fingerprint density at radius 3 is 2.89 bits per heavy atom. The number of nitrogens with zero attached hydrogens (tertiary/aromatic N) is 4. The van der Waals surface area contributed by atoms with Gasteiger partial charge in [0.05, 0.1) is 19.3 Å². The molecule has 0 aliphatic carbocycles. The van der Waals surface area contributed by atoms with E-state index < -0.39 is 0 Å². The van der Waals surface area contributed by atoms with Gasteiger partial charge in [0, 0.05) is 25.7 Å². The van der Waals surface area contributed by atoms with Crippen molar-refractivity contribution in [2.24, 2.45) is 0 Å². The van der Waals surface area contributed by atoms with Crippen molar-refractivity contribution in [2.75, 3.05) is 44.8 Å². The number of aliphatic hydroxyl groups excluding tert-OH is 1. The number of anilines is 1. The summed E-state index contributed by atoms with van der Waals surface area (Å²) in [5, 5.41) is 9.39. The third-order valence-corrected chi connectivity index (χ3v) is 3.40. The van der Waals surface area contributed by atoms with Crippen LogP contribution in [0.4, 0.5) is 5.82 Å². The number of ether oxygens (including phenoxy) is 1. The molecule has 1 aliphatic rings. The SMILES string of the molecule is CCOc1cc(N2CCN(C)C(CO)C2)nc(C)n1.